The SMILES string of the molecule is Cc1ccc(B2OC(C)(C)C(C)(C)O2)c(C(F)(F)F)c1C. The van der Waals surface area contributed by atoms with Crippen LogP contribution < -0.4 is 5.46 Å². The van der Waals surface area contributed by atoms with Crippen molar-refractivity contribution in [2.24, 2.45) is 0 Å². The molecule has 0 spiro atoms. The van der Waals surface area contributed by atoms with Crippen LogP contribution in [0.3, 0.4) is 0 Å². The molecule has 0 N–H and O–H groups in total. The second-order valence-corrected chi connectivity index (χ2v) is 6.56. The van der Waals surface area contributed by atoms with Crippen LogP contribution in [0.15, 0.2) is 12.1 Å². The highest BCUT2D eigenvalue weighted by atomic mass is 19.4. The molecule has 1 aromatic carbocycles. The molecular formula is C15H20BF3O2. The van der Waals surface area contributed by atoms with Gasteiger partial charge in [0.2, 0.25) is 0 Å². The Bertz CT molecular complexity index is 549. The molecule has 1 saturated heterocycles. The third-order valence-electron chi connectivity index (χ3n) is 4.56. The lowest BCUT2D eigenvalue weighted by atomic mass is 9.74. The molecule has 1 aliphatic heterocycles. The Hall–Kier alpha value is -1.01. The molecule has 6 heteroatoms. The molecule has 0 aliphatic carbocycles. The lowest BCUT2D eigenvalue weighted by Gasteiger charge is -2.32. The fourth-order valence-corrected chi connectivity index (χ4v) is 2.38. The number of benzene rings is 1. The highest BCUT2D eigenvalue weighted by molar-refractivity contribution is 6.62. The van der Waals surface area contributed by atoms with Crippen molar-refractivity contribution in [2.45, 2.75) is 58.9 Å². The molecule has 1 aromatic rings. The molecular weight excluding hydrogens is 280 g/mol. The molecule has 21 heavy (non-hydrogen) atoms. The Kier molecular flexibility index (Phi) is 3.70. The summed E-state index contributed by atoms with van der Waals surface area (Å²) in [6, 6.07) is 3.12. The van der Waals surface area contributed by atoms with Gasteiger partial charge in [0.15, 0.2) is 0 Å². The van der Waals surface area contributed by atoms with Crippen molar-refractivity contribution in [1.29, 1.82) is 0 Å². The van der Waals surface area contributed by atoms with Crippen molar-refractivity contribution in [3.8, 4) is 0 Å². The third kappa shape index (κ3) is 2.71. The van der Waals surface area contributed by atoms with Gasteiger partial charge in [-0.2, -0.15) is 13.2 Å². The number of hydrogen-bond acceptors (Lipinski definition) is 2. The van der Waals surface area contributed by atoms with Crippen LogP contribution in [0.1, 0.15) is 44.4 Å². The van der Waals surface area contributed by atoms with Gasteiger partial charge in [0.25, 0.3) is 0 Å². The van der Waals surface area contributed by atoms with Crippen molar-refractivity contribution in [2.75, 3.05) is 0 Å². The highest BCUT2D eigenvalue weighted by Gasteiger charge is 2.53. The molecule has 2 nitrogen and oxygen atoms in total. The maximum Gasteiger partial charge on any atom is 0.495 e. The van der Waals surface area contributed by atoms with Gasteiger partial charge in [0.05, 0.1) is 16.8 Å². The van der Waals surface area contributed by atoms with Crippen LogP contribution in [0.4, 0.5) is 13.2 Å². The van der Waals surface area contributed by atoms with Gasteiger partial charge >= 0.3 is 13.3 Å². The van der Waals surface area contributed by atoms with Gasteiger partial charge in [0, 0.05) is 0 Å². The number of alkyl halides is 3. The minimum atomic E-state index is -4.44. The fraction of sp³-hybridized carbons (Fsp3) is 0.600. The minimum Gasteiger partial charge on any atom is -0.399 e. The first kappa shape index (κ1) is 16.4. The van der Waals surface area contributed by atoms with Gasteiger partial charge < -0.3 is 9.31 Å². The van der Waals surface area contributed by atoms with Crippen LogP contribution in [-0.4, -0.2) is 18.3 Å². The Morgan fingerprint density at radius 3 is 1.86 bits per heavy atom. The van der Waals surface area contributed by atoms with Crippen LogP contribution in [0.5, 0.6) is 0 Å². The number of rotatable bonds is 1. The predicted molar refractivity (Wildman–Crippen MR) is 76.6 cm³/mol. The van der Waals surface area contributed by atoms with Crippen molar-refractivity contribution in [1.82, 2.24) is 0 Å². The molecule has 0 saturated carbocycles. The molecule has 1 aliphatic rings. The van der Waals surface area contributed by atoms with E-state index < -0.39 is 30.1 Å². The van der Waals surface area contributed by atoms with Crippen molar-refractivity contribution in [3.05, 3.63) is 28.8 Å². The monoisotopic (exact) mass is 300 g/mol. The highest BCUT2D eigenvalue weighted by Crippen LogP contribution is 2.39. The minimum absolute atomic E-state index is 0.0456. The van der Waals surface area contributed by atoms with Gasteiger partial charge in [0.1, 0.15) is 0 Å². The van der Waals surface area contributed by atoms with E-state index in [-0.39, 0.29) is 11.0 Å². The molecule has 2 rings (SSSR count). The van der Waals surface area contributed by atoms with Gasteiger partial charge in [-0.25, -0.2) is 0 Å². The maximum absolute atomic E-state index is 13.4. The summed E-state index contributed by atoms with van der Waals surface area (Å²) in [5.41, 5.74) is -1.12. The Balaban J connectivity index is 2.55. The zero-order valence-corrected chi connectivity index (χ0v) is 13.2. The van der Waals surface area contributed by atoms with Crippen molar-refractivity contribution < 1.29 is 22.5 Å². The smallest absolute Gasteiger partial charge is 0.399 e. The Morgan fingerprint density at radius 2 is 1.43 bits per heavy atom. The van der Waals surface area contributed by atoms with E-state index in [1.54, 1.807) is 13.0 Å². The molecule has 0 atom stereocenters. The number of halogens is 3. The van der Waals surface area contributed by atoms with Crippen LogP contribution in [0.25, 0.3) is 0 Å². The average molecular weight is 300 g/mol. The van der Waals surface area contributed by atoms with Crippen LogP contribution in [0, 0.1) is 13.8 Å². The van der Waals surface area contributed by atoms with E-state index in [0.717, 1.165) is 0 Å². The van der Waals surface area contributed by atoms with E-state index in [1.165, 1.54) is 13.0 Å². The molecule has 1 fully saturated rings. The normalized spacial score (nSPS) is 20.9. The standard InChI is InChI=1S/C15H20BF3O2/c1-9-7-8-11(12(10(9)2)15(17,18)19)16-20-13(3,4)14(5,6)21-16/h7-8H,1-6H3. The summed E-state index contributed by atoms with van der Waals surface area (Å²) in [5.74, 6) is 0. The summed E-state index contributed by atoms with van der Waals surface area (Å²) in [6.45, 7) is 10.4. The first-order valence-electron chi connectivity index (χ1n) is 6.90. The molecule has 1 heterocycles. The average Bonchev–Trinajstić information content (AvgIpc) is 2.50. The largest absolute Gasteiger partial charge is 0.495 e. The number of aryl methyl sites for hydroxylation is 1. The van der Waals surface area contributed by atoms with E-state index in [4.69, 9.17) is 9.31 Å². The molecule has 0 bridgehead atoms. The van der Waals surface area contributed by atoms with Crippen LogP contribution >= 0.6 is 0 Å². The fourth-order valence-electron chi connectivity index (χ4n) is 2.38. The number of hydrogen-bond donors (Lipinski definition) is 0. The second kappa shape index (κ2) is 4.75. The summed E-state index contributed by atoms with van der Waals surface area (Å²) in [6.07, 6.45) is -4.44. The van der Waals surface area contributed by atoms with Crippen molar-refractivity contribution in [3.63, 3.8) is 0 Å². The summed E-state index contributed by atoms with van der Waals surface area (Å²) < 4.78 is 51.8. The third-order valence-corrected chi connectivity index (χ3v) is 4.56. The molecule has 0 radical (unpaired) electrons. The summed E-state index contributed by atoms with van der Waals surface area (Å²) in [5, 5.41) is 0. The van der Waals surface area contributed by atoms with E-state index in [9.17, 15) is 13.2 Å². The molecule has 0 unspecified atom stereocenters. The summed E-state index contributed by atoms with van der Waals surface area (Å²) in [7, 11) is -1.01. The second-order valence-electron chi connectivity index (χ2n) is 6.56. The van der Waals surface area contributed by atoms with Crippen LogP contribution in [-0.2, 0) is 15.5 Å². The first-order chi connectivity index (χ1) is 9.37. The summed E-state index contributed by atoms with van der Waals surface area (Å²) in [4.78, 5) is 0. The predicted octanol–water partition coefficient (Wildman–Crippen LogP) is 3.62. The van der Waals surface area contributed by atoms with Crippen molar-refractivity contribution >= 4 is 12.6 Å². The van der Waals surface area contributed by atoms with E-state index in [0.29, 0.717) is 5.56 Å². The van der Waals surface area contributed by atoms with E-state index >= 15 is 0 Å². The van der Waals surface area contributed by atoms with E-state index in [2.05, 4.69) is 0 Å². The molecule has 0 aromatic heterocycles. The summed E-state index contributed by atoms with van der Waals surface area (Å²) >= 11 is 0. The lowest BCUT2D eigenvalue weighted by Crippen LogP contribution is -2.41. The van der Waals surface area contributed by atoms with Gasteiger partial charge in [-0.3, -0.25) is 0 Å². The lowest BCUT2D eigenvalue weighted by molar-refractivity contribution is -0.137. The topological polar surface area (TPSA) is 18.5 Å². The molecule has 0 amide bonds. The Labute approximate surface area is 123 Å². The van der Waals surface area contributed by atoms with E-state index in [1.807, 2.05) is 27.7 Å². The van der Waals surface area contributed by atoms with Gasteiger partial charge in [-0.1, -0.05) is 12.1 Å². The van der Waals surface area contributed by atoms with Crippen LogP contribution in [0.2, 0.25) is 0 Å². The molecule has 116 valence electrons. The quantitative estimate of drug-likeness (QED) is 0.738. The van der Waals surface area contributed by atoms with Gasteiger partial charge in [-0.15, -0.1) is 0 Å². The van der Waals surface area contributed by atoms with Gasteiger partial charge in [-0.05, 0) is 58.1 Å². The zero-order chi connectivity index (χ0) is 16.2. The first-order valence-corrected chi connectivity index (χ1v) is 6.90. The Morgan fingerprint density at radius 1 is 0.952 bits per heavy atom. The maximum atomic E-state index is 13.4. The zero-order valence-electron chi connectivity index (χ0n) is 13.2.